The molecular formula is C16H16F3NO4S. The van der Waals surface area contributed by atoms with Crippen LogP contribution in [0.3, 0.4) is 0 Å². The van der Waals surface area contributed by atoms with Crippen LogP contribution in [0, 0.1) is 10.1 Å². The number of ether oxygens (including phenoxy) is 2. The predicted octanol–water partition coefficient (Wildman–Crippen LogP) is 4.20. The van der Waals surface area contributed by atoms with Crippen LogP contribution in [0.5, 0.6) is 0 Å². The molecule has 0 bridgehead atoms. The van der Waals surface area contributed by atoms with Crippen molar-refractivity contribution in [2.75, 3.05) is 19.5 Å². The Morgan fingerprint density at radius 1 is 1.28 bits per heavy atom. The van der Waals surface area contributed by atoms with Crippen molar-refractivity contribution in [3.63, 3.8) is 0 Å². The van der Waals surface area contributed by atoms with Gasteiger partial charge in [0, 0.05) is 12.1 Å². The molecule has 9 heteroatoms. The van der Waals surface area contributed by atoms with Crippen molar-refractivity contribution in [2.45, 2.75) is 17.7 Å². The quantitative estimate of drug-likeness (QED) is 0.438. The molecule has 1 aromatic rings. The second-order valence-corrected chi connectivity index (χ2v) is 6.30. The predicted molar refractivity (Wildman–Crippen MR) is 89.3 cm³/mol. The highest BCUT2D eigenvalue weighted by Gasteiger charge is 2.34. The summed E-state index contributed by atoms with van der Waals surface area (Å²) in [7, 11) is 0. The monoisotopic (exact) mass is 375 g/mol. The Bertz CT molecular complexity index is 650. The van der Waals surface area contributed by atoms with Crippen molar-refractivity contribution in [2.24, 2.45) is 0 Å². The Kier molecular flexibility index (Phi) is 6.63. The minimum absolute atomic E-state index is 0.157. The van der Waals surface area contributed by atoms with Crippen LogP contribution in [-0.4, -0.2) is 42.1 Å². The van der Waals surface area contributed by atoms with E-state index in [9.17, 15) is 23.3 Å². The number of nitro benzene ring substituents is 1. The number of alkyl halides is 3. The van der Waals surface area contributed by atoms with Crippen LogP contribution in [-0.2, 0) is 9.47 Å². The van der Waals surface area contributed by atoms with Gasteiger partial charge < -0.3 is 9.47 Å². The van der Waals surface area contributed by atoms with Gasteiger partial charge in [-0.2, -0.15) is 24.9 Å². The third-order valence-corrected chi connectivity index (χ3v) is 4.39. The molecule has 0 saturated carbocycles. The number of rotatable bonds is 5. The summed E-state index contributed by atoms with van der Waals surface area (Å²) in [6, 6.07) is 4.22. The Labute approximate surface area is 146 Å². The maximum atomic E-state index is 13.2. The van der Waals surface area contributed by atoms with E-state index in [1.54, 1.807) is 11.8 Å². The second kappa shape index (κ2) is 8.50. The molecule has 1 saturated heterocycles. The molecule has 0 radical (unpaired) electrons. The van der Waals surface area contributed by atoms with Gasteiger partial charge in [0.05, 0.1) is 29.0 Å². The van der Waals surface area contributed by atoms with E-state index < -0.39 is 23.0 Å². The van der Waals surface area contributed by atoms with Gasteiger partial charge in [0.15, 0.2) is 6.29 Å². The number of nitrogens with zero attached hydrogens (tertiary/aromatic N) is 1. The van der Waals surface area contributed by atoms with Gasteiger partial charge in [0.1, 0.15) is 0 Å². The lowest BCUT2D eigenvalue weighted by atomic mass is 10.0. The molecule has 0 aliphatic carbocycles. The van der Waals surface area contributed by atoms with Crippen LogP contribution in [0.2, 0.25) is 0 Å². The topological polar surface area (TPSA) is 61.6 Å². The molecule has 25 heavy (non-hydrogen) atoms. The summed E-state index contributed by atoms with van der Waals surface area (Å²) >= 11 is 1.60. The summed E-state index contributed by atoms with van der Waals surface area (Å²) in [5, 5.41) is 10.8. The maximum Gasteiger partial charge on any atom is 0.416 e. The van der Waals surface area contributed by atoms with Crippen molar-refractivity contribution >= 4 is 23.0 Å². The van der Waals surface area contributed by atoms with Crippen LogP contribution in [0.1, 0.15) is 5.56 Å². The highest BCUT2D eigenvalue weighted by molar-refractivity contribution is 7.99. The molecule has 1 aliphatic rings. The summed E-state index contributed by atoms with van der Waals surface area (Å²) in [6.07, 6.45) is 0.150. The smallest absolute Gasteiger partial charge is 0.348 e. The van der Waals surface area contributed by atoms with Crippen LogP contribution >= 0.6 is 11.8 Å². The SMILES string of the molecule is CSC1COC(C=CC=C(c2ccc([N+](=O)[O-])cc2)C(F)(F)F)OC1. The van der Waals surface area contributed by atoms with E-state index in [4.69, 9.17) is 9.47 Å². The summed E-state index contributed by atoms with van der Waals surface area (Å²) in [5.41, 5.74) is -1.33. The normalized spacial score (nSPS) is 22.3. The zero-order chi connectivity index (χ0) is 18.4. The fourth-order valence-electron chi connectivity index (χ4n) is 2.11. The zero-order valence-corrected chi connectivity index (χ0v) is 14.0. The van der Waals surface area contributed by atoms with Crippen LogP contribution in [0.4, 0.5) is 18.9 Å². The van der Waals surface area contributed by atoms with E-state index in [-0.39, 0.29) is 16.5 Å². The van der Waals surface area contributed by atoms with Crippen LogP contribution in [0.15, 0.2) is 42.5 Å². The molecule has 0 N–H and O–H groups in total. The summed E-state index contributed by atoms with van der Waals surface area (Å²) < 4.78 is 50.4. The number of nitro groups is 1. The third kappa shape index (κ3) is 5.58. The molecule has 0 aromatic heterocycles. The second-order valence-electron chi connectivity index (χ2n) is 5.16. The minimum Gasteiger partial charge on any atom is -0.348 e. The van der Waals surface area contributed by atoms with Gasteiger partial charge in [-0.3, -0.25) is 10.1 Å². The Hall–Kier alpha value is -1.84. The largest absolute Gasteiger partial charge is 0.416 e. The molecule has 0 spiro atoms. The third-order valence-electron chi connectivity index (χ3n) is 3.45. The van der Waals surface area contributed by atoms with Gasteiger partial charge in [-0.15, -0.1) is 0 Å². The molecule has 5 nitrogen and oxygen atoms in total. The van der Waals surface area contributed by atoms with Gasteiger partial charge in [-0.05, 0) is 36.1 Å². The number of halogens is 3. The average Bonchev–Trinajstić information content (AvgIpc) is 2.58. The molecule has 0 atom stereocenters. The molecule has 1 aromatic carbocycles. The first-order chi connectivity index (χ1) is 11.8. The van der Waals surface area contributed by atoms with Gasteiger partial charge in [-0.25, -0.2) is 0 Å². The first kappa shape index (κ1) is 19.5. The molecule has 1 fully saturated rings. The van der Waals surface area contributed by atoms with Gasteiger partial charge in [0.25, 0.3) is 5.69 Å². The molecule has 136 valence electrons. The number of allylic oxidation sites excluding steroid dienone is 3. The van der Waals surface area contributed by atoms with Gasteiger partial charge >= 0.3 is 6.18 Å². The first-order valence-electron chi connectivity index (χ1n) is 7.27. The Morgan fingerprint density at radius 2 is 1.88 bits per heavy atom. The highest BCUT2D eigenvalue weighted by atomic mass is 32.2. The average molecular weight is 375 g/mol. The number of hydrogen-bond acceptors (Lipinski definition) is 5. The van der Waals surface area contributed by atoms with Crippen molar-refractivity contribution in [1.29, 1.82) is 0 Å². The summed E-state index contributed by atoms with van der Waals surface area (Å²) in [4.78, 5) is 9.93. The molecule has 0 unspecified atom stereocenters. The lowest BCUT2D eigenvalue weighted by Crippen LogP contribution is -2.32. The van der Waals surface area contributed by atoms with Crippen molar-refractivity contribution in [1.82, 2.24) is 0 Å². The molecule has 1 aliphatic heterocycles. The molecule has 1 heterocycles. The van der Waals surface area contributed by atoms with E-state index in [1.807, 2.05) is 6.26 Å². The molecular weight excluding hydrogens is 359 g/mol. The van der Waals surface area contributed by atoms with Gasteiger partial charge in [0.2, 0.25) is 0 Å². The van der Waals surface area contributed by atoms with E-state index >= 15 is 0 Å². The van der Waals surface area contributed by atoms with E-state index in [1.165, 1.54) is 12.2 Å². The first-order valence-corrected chi connectivity index (χ1v) is 8.56. The highest BCUT2D eigenvalue weighted by Crippen LogP contribution is 2.34. The minimum atomic E-state index is -4.60. The van der Waals surface area contributed by atoms with Crippen molar-refractivity contribution in [3.05, 3.63) is 58.2 Å². The van der Waals surface area contributed by atoms with E-state index in [0.29, 0.717) is 13.2 Å². The fourth-order valence-corrected chi connectivity index (χ4v) is 2.54. The number of non-ortho nitro benzene ring substituents is 1. The van der Waals surface area contributed by atoms with E-state index in [0.717, 1.165) is 30.3 Å². The number of benzene rings is 1. The molecule has 0 amide bonds. The fraction of sp³-hybridized carbons (Fsp3) is 0.375. The lowest BCUT2D eigenvalue weighted by molar-refractivity contribution is -0.384. The Morgan fingerprint density at radius 3 is 2.36 bits per heavy atom. The lowest BCUT2D eigenvalue weighted by Gasteiger charge is -2.26. The van der Waals surface area contributed by atoms with Crippen LogP contribution < -0.4 is 0 Å². The van der Waals surface area contributed by atoms with Crippen molar-refractivity contribution in [3.8, 4) is 0 Å². The Balaban J connectivity index is 2.13. The van der Waals surface area contributed by atoms with Crippen LogP contribution in [0.25, 0.3) is 5.57 Å². The number of hydrogen-bond donors (Lipinski definition) is 0. The number of thioether (sulfide) groups is 1. The standard InChI is InChI=1S/C16H16F3NO4S/c1-25-13-9-23-15(24-10-13)4-2-3-14(16(17,18)19)11-5-7-12(8-6-11)20(21)22/h2-8,13,15H,9-10H2,1H3. The molecule has 2 rings (SSSR count). The summed E-state index contributed by atoms with van der Waals surface area (Å²) in [5.74, 6) is 0. The van der Waals surface area contributed by atoms with Crippen molar-refractivity contribution < 1.29 is 27.6 Å². The zero-order valence-electron chi connectivity index (χ0n) is 13.2. The van der Waals surface area contributed by atoms with Gasteiger partial charge in [-0.1, -0.05) is 6.08 Å². The summed E-state index contributed by atoms with van der Waals surface area (Å²) in [6.45, 7) is 0.933. The maximum absolute atomic E-state index is 13.2. The van der Waals surface area contributed by atoms with E-state index in [2.05, 4.69) is 0 Å².